The van der Waals surface area contributed by atoms with E-state index in [1.165, 1.54) is 0 Å². The minimum absolute atomic E-state index is 0.656. The molecule has 2 aromatic heterocycles. The van der Waals surface area contributed by atoms with Gasteiger partial charge in [-0.15, -0.1) is 0 Å². The lowest BCUT2D eigenvalue weighted by Crippen LogP contribution is -2.13. The number of anilines is 1. The molecule has 0 saturated carbocycles. The molecule has 0 aliphatic rings. The largest absolute Gasteiger partial charge is 0.308 e. The number of rotatable bonds is 3. The van der Waals surface area contributed by atoms with E-state index < -0.39 is 0 Å². The molecule has 0 saturated heterocycles. The second kappa shape index (κ2) is 4.73. The van der Waals surface area contributed by atoms with E-state index in [9.17, 15) is 0 Å². The molecule has 0 aliphatic carbocycles. The first kappa shape index (κ1) is 12.5. The van der Waals surface area contributed by atoms with Crippen LogP contribution in [0, 0.1) is 13.8 Å². The average Bonchev–Trinajstić information content (AvgIpc) is 2.67. The Bertz CT molecular complexity index is 572. The molecule has 6 heteroatoms. The summed E-state index contributed by atoms with van der Waals surface area (Å²) in [6.45, 7) is 5.97. The van der Waals surface area contributed by atoms with Crippen LogP contribution < -0.4 is 11.3 Å². The zero-order valence-electron chi connectivity index (χ0n) is 11.2. The van der Waals surface area contributed by atoms with Gasteiger partial charge in [-0.25, -0.2) is 15.8 Å². The van der Waals surface area contributed by atoms with Crippen LogP contribution in [0.1, 0.15) is 23.9 Å². The molecule has 0 unspecified atom stereocenters. The number of aromatic nitrogens is 4. The van der Waals surface area contributed by atoms with Gasteiger partial charge < -0.3 is 5.43 Å². The highest BCUT2D eigenvalue weighted by atomic mass is 15.3. The van der Waals surface area contributed by atoms with Crippen LogP contribution in [0.3, 0.4) is 0 Å². The molecule has 6 nitrogen and oxygen atoms in total. The van der Waals surface area contributed by atoms with E-state index in [0.29, 0.717) is 11.6 Å². The standard InChI is InChI=1S/C12H18N6/c1-5-9-7(2)14-11(15-12(9)16-13)10-6-18(4)17-8(10)3/h6H,5,13H2,1-4H3,(H,14,15,16). The highest BCUT2D eigenvalue weighted by Crippen LogP contribution is 2.23. The van der Waals surface area contributed by atoms with Crippen molar-refractivity contribution in [1.82, 2.24) is 19.7 Å². The average molecular weight is 246 g/mol. The van der Waals surface area contributed by atoms with Gasteiger partial charge in [0.15, 0.2) is 5.82 Å². The number of nitrogens with zero attached hydrogens (tertiary/aromatic N) is 4. The number of nitrogen functional groups attached to an aromatic ring is 1. The van der Waals surface area contributed by atoms with Crippen molar-refractivity contribution in [3.8, 4) is 11.4 Å². The Labute approximate surface area is 106 Å². The monoisotopic (exact) mass is 246 g/mol. The number of nitrogens with one attached hydrogen (secondary N) is 1. The Kier molecular flexibility index (Phi) is 3.29. The zero-order chi connectivity index (χ0) is 13.3. The van der Waals surface area contributed by atoms with Gasteiger partial charge in [0.25, 0.3) is 0 Å². The molecule has 0 atom stereocenters. The first-order valence-electron chi connectivity index (χ1n) is 5.91. The van der Waals surface area contributed by atoms with E-state index >= 15 is 0 Å². The molecule has 2 heterocycles. The van der Waals surface area contributed by atoms with Crippen LogP contribution in [-0.4, -0.2) is 19.7 Å². The molecule has 3 N–H and O–H groups in total. The number of hydrazine groups is 1. The summed E-state index contributed by atoms with van der Waals surface area (Å²) >= 11 is 0. The highest BCUT2D eigenvalue weighted by Gasteiger charge is 2.14. The molecule has 0 bridgehead atoms. The molecule has 0 spiro atoms. The topological polar surface area (TPSA) is 81.7 Å². The Hall–Kier alpha value is -1.95. The van der Waals surface area contributed by atoms with Crippen molar-refractivity contribution in [2.75, 3.05) is 5.43 Å². The first-order chi connectivity index (χ1) is 8.56. The summed E-state index contributed by atoms with van der Waals surface area (Å²) in [7, 11) is 1.88. The predicted octanol–water partition coefficient (Wildman–Crippen LogP) is 1.34. The molecule has 0 fully saturated rings. The van der Waals surface area contributed by atoms with Crippen LogP contribution in [0.25, 0.3) is 11.4 Å². The first-order valence-corrected chi connectivity index (χ1v) is 5.91. The van der Waals surface area contributed by atoms with Gasteiger partial charge >= 0.3 is 0 Å². The van der Waals surface area contributed by atoms with Crippen LogP contribution in [0.2, 0.25) is 0 Å². The van der Waals surface area contributed by atoms with E-state index in [-0.39, 0.29) is 0 Å². The zero-order valence-corrected chi connectivity index (χ0v) is 11.2. The van der Waals surface area contributed by atoms with Crippen LogP contribution in [0.4, 0.5) is 5.82 Å². The third kappa shape index (κ3) is 2.06. The van der Waals surface area contributed by atoms with Crippen molar-refractivity contribution in [2.24, 2.45) is 12.9 Å². The third-order valence-electron chi connectivity index (χ3n) is 2.96. The lowest BCUT2D eigenvalue weighted by Gasteiger charge is -2.10. The van der Waals surface area contributed by atoms with Gasteiger partial charge in [0.1, 0.15) is 5.82 Å². The van der Waals surface area contributed by atoms with E-state index in [4.69, 9.17) is 5.84 Å². The van der Waals surface area contributed by atoms with Crippen LogP contribution in [0.5, 0.6) is 0 Å². The van der Waals surface area contributed by atoms with Gasteiger partial charge in [-0.1, -0.05) is 6.92 Å². The molecule has 0 aliphatic heterocycles. The number of nitrogens with two attached hydrogens (primary N) is 1. The van der Waals surface area contributed by atoms with Gasteiger partial charge in [-0.2, -0.15) is 5.10 Å². The summed E-state index contributed by atoms with van der Waals surface area (Å²) < 4.78 is 1.76. The van der Waals surface area contributed by atoms with E-state index in [1.54, 1.807) is 4.68 Å². The van der Waals surface area contributed by atoms with Crippen LogP contribution >= 0.6 is 0 Å². The van der Waals surface area contributed by atoms with Gasteiger partial charge in [0, 0.05) is 24.5 Å². The fourth-order valence-electron chi connectivity index (χ4n) is 2.08. The van der Waals surface area contributed by atoms with Crippen molar-refractivity contribution in [3.63, 3.8) is 0 Å². The molecule has 0 radical (unpaired) electrons. The molecule has 96 valence electrons. The van der Waals surface area contributed by atoms with E-state index in [1.807, 2.05) is 27.1 Å². The quantitative estimate of drug-likeness (QED) is 0.631. The Morgan fingerprint density at radius 3 is 2.50 bits per heavy atom. The summed E-state index contributed by atoms with van der Waals surface area (Å²) in [6.07, 6.45) is 2.76. The molecule has 2 rings (SSSR count). The van der Waals surface area contributed by atoms with Crippen LogP contribution in [-0.2, 0) is 13.5 Å². The van der Waals surface area contributed by atoms with Crippen LogP contribution in [0.15, 0.2) is 6.20 Å². The van der Waals surface area contributed by atoms with Crippen molar-refractivity contribution in [1.29, 1.82) is 0 Å². The van der Waals surface area contributed by atoms with Crippen molar-refractivity contribution < 1.29 is 0 Å². The predicted molar refractivity (Wildman–Crippen MR) is 70.9 cm³/mol. The van der Waals surface area contributed by atoms with Gasteiger partial charge in [-0.3, -0.25) is 4.68 Å². The fourth-order valence-corrected chi connectivity index (χ4v) is 2.08. The van der Waals surface area contributed by atoms with Crippen molar-refractivity contribution in [2.45, 2.75) is 27.2 Å². The van der Waals surface area contributed by atoms with Crippen molar-refractivity contribution in [3.05, 3.63) is 23.1 Å². The molecule has 2 aromatic rings. The van der Waals surface area contributed by atoms with Crippen molar-refractivity contribution >= 4 is 5.82 Å². The maximum absolute atomic E-state index is 5.52. The highest BCUT2D eigenvalue weighted by molar-refractivity contribution is 5.61. The Balaban J connectivity index is 2.59. The van der Waals surface area contributed by atoms with Gasteiger partial charge in [-0.05, 0) is 20.3 Å². The SMILES string of the molecule is CCc1c(C)nc(-c2cn(C)nc2C)nc1NN. The summed E-state index contributed by atoms with van der Waals surface area (Å²) in [6, 6.07) is 0. The normalized spacial score (nSPS) is 10.7. The maximum atomic E-state index is 5.52. The Morgan fingerprint density at radius 1 is 1.28 bits per heavy atom. The maximum Gasteiger partial charge on any atom is 0.165 e. The smallest absolute Gasteiger partial charge is 0.165 e. The van der Waals surface area contributed by atoms with Gasteiger partial charge in [0.2, 0.25) is 0 Å². The fraction of sp³-hybridized carbons (Fsp3) is 0.417. The minimum atomic E-state index is 0.656. The summed E-state index contributed by atoms with van der Waals surface area (Å²) in [5.74, 6) is 6.86. The number of aryl methyl sites for hydroxylation is 3. The van der Waals surface area contributed by atoms with E-state index in [0.717, 1.165) is 28.9 Å². The van der Waals surface area contributed by atoms with E-state index in [2.05, 4.69) is 27.4 Å². The Morgan fingerprint density at radius 2 is 2.00 bits per heavy atom. The summed E-state index contributed by atoms with van der Waals surface area (Å²) in [5.41, 5.74) is 6.47. The lowest BCUT2D eigenvalue weighted by atomic mass is 10.1. The second-order valence-electron chi connectivity index (χ2n) is 4.26. The summed E-state index contributed by atoms with van der Waals surface area (Å²) in [4.78, 5) is 9.00. The number of hydrogen-bond acceptors (Lipinski definition) is 5. The second-order valence-corrected chi connectivity index (χ2v) is 4.26. The third-order valence-corrected chi connectivity index (χ3v) is 2.96. The molecular formula is C12H18N6. The lowest BCUT2D eigenvalue weighted by molar-refractivity contribution is 0.756. The number of hydrogen-bond donors (Lipinski definition) is 2. The summed E-state index contributed by atoms with van der Waals surface area (Å²) in [5, 5.41) is 4.30. The molecule has 0 aromatic carbocycles. The molecule has 0 amide bonds. The minimum Gasteiger partial charge on any atom is -0.308 e. The molecular weight excluding hydrogens is 228 g/mol. The molecule has 18 heavy (non-hydrogen) atoms. The van der Waals surface area contributed by atoms with Gasteiger partial charge in [0.05, 0.1) is 11.3 Å².